The molecule has 1 heteroatoms. The second kappa shape index (κ2) is 4.40. The lowest BCUT2D eigenvalue weighted by Gasteiger charge is -2.15. The summed E-state index contributed by atoms with van der Waals surface area (Å²) in [7, 11) is 0. The highest BCUT2D eigenvalue weighted by Gasteiger charge is 2.11. The summed E-state index contributed by atoms with van der Waals surface area (Å²) >= 11 is 0. The summed E-state index contributed by atoms with van der Waals surface area (Å²) in [6, 6.07) is 4.22. The van der Waals surface area contributed by atoms with Crippen LogP contribution >= 0.6 is 0 Å². The van der Waals surface area contributed by atoms with Crippen molar-refractivity contribution in [3.05, 3.63) is 29.6 Å². The summed E-state index contributed by atoms with van der Waals surface area (Å²) < 4.78 is 0. The van der Waals surface area contributed by atoms with E-state index >= 15 is 0 Å². The molecule has 0 N–H and O–H groups in total. The van der Waals surface area contributed by atoms with Crippen molar-refractivity contribution in [2.24, 2.45) is 0 Å². The minimum atomic E-state index is 0.581. The third-order valence-corrected chi connectivity index (χ3v) is 2.57. The Hall–Kier alpha value is -0.850. The van der Waals surface area contributed by atoms with Gasteiger partial charge in [-0.25, -0.2) is 0 Å². The first-order valence-electron chi connectivity index (χ1n) is 5.11. The normalized spacial score (nSPS) is 13.3. The van der Waals surface area contributed by atoms with E-state index in [0.29, 0.717) is 11.8 Å². The first-order valence-corrected chi connectivity index (χ1v) is 5.11. The minimum absolute atomic E-state index is 0.581. The minimum Gasteiger partial charge on any atom is -0.261 e. The van der Waals surface area contributed by atoms with Gasteiger partial charge in [-0.05, 0) is 29.9 Å². The Morgan fingerprint density at radius 2 is 2.00 bits per heavy atom. The number of aromatic nitrogens is 1. The van der Waals surface area contributed by atoms with Crippen molar-refractivity contribution < 1.29 is 0 Å². The average molecular weight is 177 g/mol. The Morgan fingerprint density at radius 1 is 1.31 bits per heavy atom. The quantitative estimate of drug-likeness (QED) is 0.685. The number of pyridine rings is 1. The van der Waals surface area contributed by atoms with Gasteiger partial charge in [-0.3, -0.25) is 4.98 Å². The molecule has 1 atom stereocenters. The number of hydrogen-bond donors (Lipinski definition) is 0. The summed E-state index contributed by atoms with van der Waals surface area (Å²) in [5.74, 6) is 1.16. The van der Waals surface area contributed by atoms with Crippen LogP contribution in [0.4, 0.5) is 0 Å². The third-order valence-electron chi connectivity index (χ3n) is 2.57. The van der Waals surface area contributed by atoms with Crippen molar-refractivity contribution in [1.82, 2.24) is 4.98 Å². The van der Waals surface area contributed by atoms with E-state index in [9.17, 15) is 0 Å². The highest BCUT2D eigenvalue weighted by Crippen LogP contribution is 2.25. The fourth-order valence-electron chi connectivity index (χ4n) is 1.52. The Labute approximate surface area is 81.2 Å². The molecule has 1 heterocycles. The molecular formula is C12H19N. The van der Waals surface area contributed by atoms with Gasteiger partial charge in [0.1, 0.15) is 0 Å². The molecule has 0 saturated carbocycles. The number of rotatable bonds is 3. The molecule has 0 saturated heterocycles. The molecule has 1 aromatic heterocycles. The zero-order valence-corrected chi connectivity index (χ0v) is 9.04. The van der Waals surface area contributed by atoms with Gasteiger partial charge in [-0.1, -0.05) is 33.8 Å². The maximum Gasteiger partial charge on any atom is 0.0466 e. The van der Waals surface area contributed by atoms with E-state index in [-0.39, 0.29) is 0 Å². The molecule has 0 aliphatic heterocycles. The van der Waals surface area contributed by atoms with Crippen LogP contribution in [0.25, 0.3) is 0 Å². The van der Waals surface area contributed by atoms with Crippen LogP contribution in [-0.2, 0) is 0 Å². The summed E-state index contributed by atoms with van der Waals surface area (Å²) in [5.41, 5.74) is 2.68. The maximum atomic E-state index is 4.47. The predicted molar refractivity (Wildman–Crippen MR) is 57.0 cm³/mol. The molecule has 0 amide bonds. The summed E-state index contributed by atoms with van der Waals surface area (Å²) in [4.78, 5) is 4.47. The molecule has 13 heavy (non-hydrogen) atoms. The molecule has 0 aliphatic carbocycles. The fourth-order valence-corrected chi connectivity index (χ4v) is 1.52. The van der Waals surface area contributed by atoms with Crippen molar-refractivity contribution in [3.8, 4) is 0 Å². The lowest BCUT2D eigenvalue weighted by molar-refractivity contribution is 0.681. The SMILES string of the molecule is CCC(C)c1ncccc1C(C)C. The fraction of sp³-hybridized carbons (Fsp3) is 0.583. The standard InChI is InChI=1S/C12H19N/c1-5-10(4)12-11(9(2)3)7-6-8-13-12/h6-10H,5H2,1-4H3. The van der Waals surface area contributed by atoms with Crippen LogP contribution in [-0.4, -0.2) is 4.98 Å². The van der Waals surface area contributed by atoms with Gasteiger partial charge in [0.25, 0.3) is 0 Å². The van der Waals surface area contributed by atoms with Gasteiger partial charge in [0.05, 0.1) is 0 Å². The average Bonchev–Trinajstić information content (AvgIpc) is 2.16. The maximum absolute atomic E-state index is 4.47. The number of nitrogens with zero attached hydrogens (tertiary/aromatic N) is 1. The second-order valence-corrected chi connectivity index (χ2v) is 3.94. The smallest absolute Gasteiger partial charge is 0.0466 e. The topological polar surface area (TPSA) is 12.9 Å². The van der Waals surface area contributed by atoms with Gasteiger partial charge in [0, 0.05) is 11.9 Å². The second-order valence-electron chi connectivity index (χ2n) is 3.94. The van der Waals surface area contributed by atoms with Crippen molar-refractivity contribution in [1.29, 1.82) is 0 Å². The monoisotopic (exact) mass is 177 g/mol. The van der Waals surface area contributed by atoms with Gasteiger partial charge >= 0.3 is 0 Å². The molecule has 1 rings (SSSR count). The molecular weight excluding hydrogens is 158 g/mol. The Balaban J connectivity index is 3.04. The highest BCUT2D eigenvalue weighted by molar-refractivity contribution is 5.25. The van der Waals surface area contributed by atoms with Crippen LogP contribution in [0.2, 0.25) is 0 Å². The summed E-state index contributed by atoms with van der Waals surface area (Å²) in [6.45, 7) is 8.91. The van der Waals surface area contributed by atoms with E-state index in [1.807, 2.05) is 12.3 Å². The summed E-state index contributed by atoms with van der Waals surface area (Å²) in [6.07, 6.45) is 3.06. The van der Waals surface area contributed by atoms with Crippen LogP contribution in [0, 0.1) is 0 Å². The Morgan fingerprint density at radius 3 is 2.54 bits per heavy atom. The summed E-state index contributed by atoms with van der Waals surface area (Å²) in [5, 5.41) is 0. The van der Waals surface area contributed by atoms with Gasteiger partial charge in [0.2, 0.25) is 0 Å². The lowest BCUT2D eigenvalue weighted by Crippen LogP contribution is -2.02. The first-order chi connectivity index (χ1) is 6.16. The zero-order chi connectivity index (χ0) is 9.84. The van der Waals surface area contributed by atoms with Crippen LogP contribution in [0.1, 0.15) is 57.2 Å². The third kappa shape index (κ3) is 2.30. The van der Waals surface area contributed by atoms with E-state index in [2.05, 4.69) is 38.7 Å². The molecule has 0 spiro atoms. The molecule has 0 radical (unpaired) electrons. The van der Waals surface area contributed by atoms with Gasteiger partial charge in [0.15, 0.2) is 0 Å². The van der Waals surface area contributed by atoms with Crippen LogP contribution < -0.4 is 0 Å². The van der Waals surface area contributed by atoms with E-state index in [4.69, 9.17) is 0 Å². The number of hydrogen-bond acceptors (Lipinski definition) is 1. The molecule has 0 aromatic carbocycles. The zero-order valence-electron chi connectivity index (χ0n) is 9.04. The lowest BCUT2D eigenvalue weighted by atomic mass is 9.93. The van der Waals surface area contributed by atoms with Gasteiger partial charge in [-0.15, -0.1) is 0 Å². The largest absolute Gasteiger partial charge is 0.261 e. The van der Waals surface area contributed by atoms with Crippen molar-refractivity contribution in [2.75, 3.05) is 0 Å². The van der Waals surface area contributed by atoms with Gasteiger partial charge < -0.3 is 0 Å². The molecule has 0 bridgehead atoms. The van der Waals surface area contributed by atoms with Crippen LogP contribution in [0.3, 0.4) is 0 Å². The molecule has 72 valence electrons. The van der Waals surface area contributed by atoms with Crippen molar-refractivity contribution in [3.63, 3.8) is 0 Å². The van der Waals surface area contributed by atoms with Crippen LogP contribution in [0.15, 0.2) is 18.3 Å². The van der Waals surface area contributed by atoms with Crippen molar-refractivity contribution in [2.45, 2.75) is 46.0 Å². The molecule has 1 nitrogen and oxygen atoms in total. The van der Waals surface area contributed by atoms with E-state index in [1.54, 1.807) is 0 Å². The molecule has 0 fully saturated rings. The Kier molecular flexibility index (Phi) is 3.47. The van der Waals surface area contributed by atoms with Crippen molar-refractivity contribution >= 4 is 0 Å². The highest BCUT2D eigenvalue weighted by atomic mass is 14.7. The van der Waals surface area contributed by atoms with Gasteiger partial charge in [-0.2, -0.15) is 0 Å². The van der Waals surface area contributed by atoms with E-state index in [0.717, 1.165) is 6.42 Å². The molecule has 1 aromatic rings. The van der Waals surface area contributed by atoms with E-state index in [1.165, 1.54) is 11.3 Å². The molecule has 1 unspecified atom stereocenters. The van der Waals surface area contributed by atoms with E-state index < -0.39 is 0 Å². The first kappa shape index (κ1) is 10.2. The Bertz CT molecular complexity index is 266. The molecule has 0 aliphatic rings. The predicted octanol–water partition coefficient (Wildman–Crippen LogP) is 3.72. The van der Waals surface area contributed by atoms with Crippen LogP contribution in [0.5, 0.6) is 0 Å².